The highest BCUT2D eigenvalue weighted by atomic mass is 16.5. The van der Waals surface area contributed by atoms with E-state index in [9.17, 15) is 0 Å². The molecule has 96 valence electrons. The summed E-state index contributed by atoms with van der Waals surface area (Å²) in [6.07, 6.45) is 1.22. The van der Waals surface area contributed by atoms with Crippen LogP contribution in [-0.2, 0) is 6.54 Å². The molecule has 0 aliphatic rings. The van der Waals surface area contributed by atoms with Gasteiger partial charge in [-0.3, -0.25) is 0 Å². The average molecular weight is 236 g/mol. The quantitative estimate of drug-likeness (QED) is 0.772. The van der Waals surface area contributed by atoms with E-state index >= 15 is 0 Å². The zero-order valence-corrected chi connectivity index (χ0v) is 11.4. The molecule has 0 spiro atoms. The number of nitrogens with zero attached hydrogens (tertiary/aromatic N) is 1. The molecule has 1 aromatic carbocycles. The maximum atomic E-state index is 5.83. The zero-order valence-electron chi connectivity index (χ0n) is 11.4. The minimum Gasteiger partial charge on any atom is -0.497 e. The summed E-state index contributed by atoms with van der Waals surface area (Å²) in [4.78, 5) is 2.31. The second-order valence-electron chi connectivity index (χ2n) is 5.03. The van der Waals surface area contributed by atoms with Gasteiger partial charge in [0.25, 0.3) is 0 Å². The van der Waals surface area contributed by atoms with Crippen molar-refractivity contribution in [3.63, 3.8) is 0 Å². The van der Waals surface area contributed by atoms with Crippen molar-refractivity contribution in [2.75, 3.05) is 26.4 Å². The van der Waals surface area contributed by atoms with Gasteiger partial charge in [0.15, 0.2) is 0 Å². The Balaban J connectivity index is 2.58. The largest absolute Gasteiger partial charge is 0.497 e. The number of nitrogens with two attached hydrogens (primary N) is 1. The van der Waals surface area contributed by atoms with Gasteiger partial charge >= 0.3 is 0 Å². The Bertz CT molecular complexity index is 350. The highest BCUT2D eigenvalue weighted by molar-refractivity contribution is 5.47. The number of anilines is 1. The second-order valence-corrected chi connectivity index (χ2v) is 5.03. The van der Waals surface area contributed by atoms with Crippen LogP contribution in [0.1, 0.15) is 25.8 Å². The predicted octanol–water partition coefficient (Wildman–Crippen LogP) is 2.76. The monoisotopic (exact) mass is 236 g/mol. The molecule has 0 aromatic heterocycles. The second kappa shape index (κ2) is 6.50. The van der Waals surface area contributed by atoms with Crippen molar-refractivity contribution in [2.24, 2.45) is 5.92 Å². The lowest BCUT2D eigenvalue weighted by atomic mass is 10.1. The third-order valence-corrected chi connectivity index (χ3v) is 2.77. The molecule has 0 atom stereocenters. The molecule has 1 rings (SSSR count). The van der Waals surface area contributed by atoms with Gasteiger partial charge < -0.3 is 15.4 Å². The minimum atomic E-state index is 0.743. The van der Waals surface area contributed by atoms with Crippen LogP contribution in [-0.4, -0.2) is 25.6 Å². The van der Waals surface area contributed by atoms with E-state index in [1.165, 1.54) is 12.0 Å². The number of ether oxygens (including phenoxy) is 1. The molecule has 0 heterocycles. The van der Waals surface area contributed by atoms with E-state index in [4.69, 9.17) is 10.5 Å². The van der Waals surface area contributed by atoms with Gasteiger partial charge in [0, 0.05) is 18.3 Å². The normalized spacial score (nSPS) is 11.2. The standard InChI is InChI=1S/C14H24N2O/c1-11(2)5-6-16(3)10-12-7-13(15)9-14(8-12)17-4/h7-9,11H,5-6,10,15H2,1-4H3. The van der Waals surface area contributed by atoms with Crippen molar-refractivity contribution in [2.45, 2.75) is 26.8 Å². The highest BCUT2D eigenvalue weighted by Crippen LogP contribution is 2.19. The number of hydrogen-bond donors (Lipinski definition) is 1. The van der Waals surface area contributed by atoms with Crippen LogP contribution in [0.5, 0.6) is 5.75 Å². The van der Waals surface area contributed by atoms with Crippen LogP contribution >= 0.6 is 0 Å². The van der Waals surface area contributed by atoms with Crippen LogP contribution in [0.3, 0.4) is 0 Å². The predicted molar refractivity (Wildman–Crippen MR) is 73.2 cm³/mol. The van der Waals surface area contributed by atoms with Crippen LogP contribution in [0.4, 0.5) is 5.69 Å². The summed E-state index contributed by atoms with van der Waals surface area (Å²) in [6, 6.07) is 5.90. The fourth-order valence-corrected chi connectivity index (χ4v) is 1.76. The number of methoxy groups -OCH3 is 1. The Hall–Kier alpha value is -1.22. The zero-order chi connectivity index (χ0) is 12.8. The first-order valence-electron chi connectivity index (χ1n) is 6.13. The minimum absolute atomic E-state index is 0.743. The first-order valence-corrected chi connectivity index (χ1v) is 6.13. The number of benzene rings is 1. The van der Waals surface area contributed by atoms with Gasteiger partial charge in [-0.1, -0.05) is 13.8 Å². The van der Waals surface area contributed by atoms with E-state index in [1.54, 1.807) is 7.11 Å². The number of nitrogen functional groups attached to an aromatic ring is 1. The fraction of sp³-hybridized carbons (Fsp3) is 0.571. The van der Waals surface area contributed by atoms with Gasteiger partial charge in [-0.2, -0.15) is 0 Å². The van der Waals surface area contributed by atoms with Crippen LogP contribution in [0.2, 0.25) is 0 Å². The molecule has 3 heteroatoms. The average Bonchev–Trinajstić information content (AvgIpc) is 2.25. The van der Waals surface area contributed by atoms with Gasteiger partial charge in [-0.05, 0) is 43.6 Å². The molecule has 0 fully saturated rings. The molecular formula is C14H24N2O. The van der Waals surface area contributed by atoms with Crippen molar-refractivity contribution >= 4 is 5.69 Å². The van der Waals surface area contributed by atoms with E-state index in [0.717, 1.165) is 30.4 Å². The molecule has 0 unspecified atom stereocenters. The Kier molecular flexibility index (Phi) is 5.29. The Morgan fingerprint density at radius 1 is 1.29 bits per heavy atom. The fourth-order valence-electron chi connectivity index (χ4n) is 1.76. The maximum Gasteiger partial charge on any atom is 0.121 e. The van der Waals surface area contributed by atoms with Crippen LogP contribution in [0.25, 0.3) is 0 Å². The van der Waals surface area contributed by atoms with Crippen molar-refractivity contribution in [1.82, 2.24) is 4.90 Å². The van der Waals surface area contributed by atoms with E-state index in [1.807, 2.05) is 18.2 Å². The summed E-state index contributed by atoms with van der Waals surface area (Å²) in [6.45, 7) is 6.51. The summed E-state index contributed by atoms with van der Waals surface area (Å²) in [5.41, 5.74) is 7.80. The van der Waals surface area contributed by atoms with Gasteiger partial charge in [0.2, 0.25) is 0 Å². The summed E-state index contributed by atoms with van der Waals surface area (Å²) in [5, 5.41) is 0. The van der Waals surface area contributed by atoms with Crippen LogP contribution in [0.15, 0.2) is 18.2 Å². The molecule has 0 saturated carbocycles. The van der Waals surface area contributed by atoms with Crippen molar-refractivity contribution in [3.05, 3.63) is 23.8 Å². The van der Waals surface area contributed by atoms with Gasteiger partial charge in [-0.15, -0.1) is 0 Å². The van der Waals surface area contributed by atoms with E-state index in [2.05, 4.69) is 25.8 Å². The Labute approximate surface area is 105 Å². The molecule has 1 aromatic rings. The lowest BCUT2D eigenvalue weighted by molar-refractivity contribution is 0.303. The first kappa shape index (κ1) is 13.8. The molecule has 0 saturated heterocycles. The summed E-state index contributed by atoms with van der Waals surface area (Å²) in [5.74, 6) is 1.57. The topological polar surface area (TPSA) is 38.5 Å². The van der Waals surface area contributed by atoms with Gasteiger partial charge in [0.1, 0.15) is 5.75 Å². The summed E-state index contributed by atoms with van der Waals surface area (Å²) >= 11 is 0. The summed E-state index contributed by atoms with van der Waals surface area (Å²) < 4.78 is 5.22. The Morgan fingerprint density at radius 3 is 2.59 bits per heavy atom. The highest BCUT2D eigenvalue weighted by Gasteiger charge is 2.04. The van der Waals surface area contributed by atoms with Gasteiger partial charge in [-0.25, -0.2) is 0 Å². The summed E-state index contributed by atoms with van der Waals surface area (Å²) in [7, 11) is 3.80. The van der Waals surface area contributed by atoms with E-state index in [-0.39, 0.29) is 0 Å². The molecule has 0 aliphatic carbocycles. The lowest BCUT2D eigenvalue weighted by Crippen LogP contribution is -2.20. The third kappa shape index (κ3) is 5.09. The van der Waals surface area contributed by atoms with Crippen LogP contribution < -0.4 is 10.5 Å². The third-order valence-electron chi connectivity index (χ3n) is 2.77. The molecular weight excluding hydrogens is 212 g/mol. The smallest absolute Gasteiger partial charge is 0.121 e. The molecule has 0 amide bonds. The maximum absolute atomic E-state index is 5.83. The Morgan fingerprint density at radius 2 is 2.00 bits per heavy atom. The number of rotatable bonds is 6. The molecule has 17 heavy (non-hydrogen) atoms. The van der Waals surface area contributed by atoms with Crippen LogP contribution in [0, 0.1) is 5.92 Å². The molecule has 2 N–H and O–H groups in total. The van der Waals surface area contributed by atoms with Crippen molar-refractivity contribution in [1.29, 1.82) is 0 Å². The van der Waals surface area contributed by atoms with Gasteiger partial charge in [0.05, 0.1) is 7.11 Å². The first-order chi connectivity index (χ1) is 8.01. The lowest BCUT2D eigenvalue weighted by Gasteiger charge is -2.18. The van der Waals surface area contributed by atoms with Crippen molar-refractivity contribution < 1.29 is 4.74 Å². The molecule has 0 radical (unpaired) electrons. The number of hydrogen-bond acceptors (Lipinski definition) is 3. The van der Waals surface area contributed by atoms with E-state index < -0.39 is 0 Å². The van der Waals surface area contributed by atoms with E-state index in [0.29, 0.717) is 0 Å². The van der Waals surface area contributed by atoms with Crippen molar-refractivity contribution in [3.8, 4) is 5.75 Å². The SMILES string of the molecule is COc1cc(N)cc(CN(C)CCC(C)C)c1. The molecule has 0 bridgehead atoms. The molecule has 3 nitrogen and oxygen atoms in total. The molecule has 0 aliphatic heterocycles.